The van der Waals surface area contributed by atoms with Gasteiger partial charge < -0.3 is 10.4 Å². The zero-order valence-corrected chi connectivity index (χ0v) is 10.4. The maximum atomic E-state index is 11.8. The molecule has 3 atom stereocenters. The van der Waals surface area contributed by atoms with E-state index >= 15 is 0 Å². The first-order chi connectivity index (χ1) is 8.13. The first-order valence-corrected chi connectivity index (χ1v) is 6.58. The molecule has 0 aromatic carbocycles. The number of nitrogens with one attached hydrogen (secondary N) is 1. The Kier molecular flexibility index (Phi) is 3.47. The van der Waals surface area contributed by atoms with E-state index in [2.05, 4.69) is 5.32 Å². The number of carboxylic acids is 1. The second kappa shape index (κ2) is 4.87. The summed E-state index contributed by atoms with van der Waals surface area (Å²) < 4.78 is 0. The Hall–Kier alpha value is -1.36. The van der Waals surface area contributed by atoms with Gasteiger partial charge in [0.1, 0.15) is 0 Å². The van der Waals surface area contributed by atoms with Crippen LogP contribution in [0, 0.1) is 11.8 Å². The second-order valence-corrected chi connectivity index (χ2v) is 5.25. The van der Waals surface area contributed by atoms with Gasteiger partial charge >= 0.3 is 5.97 Å². The normalized spacial score (nSPS) is 24.1. The second-order valence-electron chi connectivity index (χ2n) is 4.27. The van der Waals surface area contributed by atoms with Crippen LogP contribution >= 0.6 is 11.3 Å². The third kappa shape index (κ3) is 2.66. The van der Waals surface area contributed by atoms with Crippen molar-refractivity contribution < 1.29 is 14.7 Å². The van der Waals surface area contributed by atoms with Crippen LogP contribution in [0.4, 0.5) is 0 Å². The van der Waals surface area contributed by atoms with Crippen LogP contribution in [-0.2, 0) is 9.59 Å². The molecular formula is C12H15NO3S. The van der Waals surface area contributed by atoms with Crippen LogP contribution in [0.25, 0.3) is 0 Å². The lowest BCUT2D eigenvalue weighted by Crippen LogP contribution is -2.30. The lowest BCUT2D eigenvalue weighted by molar-refractivity contribution is -0.140. The summed E-state index contributed by atoms with van der Waals surface area (Å²) in [6, 6.07) is 3.95. The lowest BCUT2D eigenvalue weighted by atomic mass is 10.1. The van der Waals surface area contributed by atoms with Crippen molar-refractivity contribution in [3.8, 4) is 0 Å². The zero-order chi connectivity index (χ0) is 12.4. The minimum Gasteiger partial charge on any atom is -0.481 e. The molecule has 0 aliphatic heterocycles. The summed E-state index contributed by atoms with van der Waals surface area (Å²) >= 11 is 1.61. The molecule has 1 saturated carbocycles. The van der Waals surface area contributed by atoms with Crippen LogP contribution in [0.3, 0.4) is 0 Å². The van der Waals surface area contributed by atoms with E-state index in [0.717, 1.165) is 11.3 Å². The molecule has 92 valence electrons. The molecule has 0 radical (unpaired) electrons. The third-order valence-corrected chi connectivity index (χ3v) is 4.04. The van der Waals surface area contributed by atoms with Gasteiger partial charge in [-0.05, 0) is 24.3 Å². The first kappa shape index (κ1) is 12.1. The van der Waals surface area contributed by atoms with Crippen LogP contribution in [0.2, 0.25) is 0 Å². The average Bonchev–Trinajstić information content (AvgIpc) is 2.94. The molecule has 4 nitrogen and oxygen atoms in total. The molecule has 1 amide bonds. The molecule has 0 bridgehead atoms. The molecule has 1 aliphatic carbocycles. The summed E-state index contributed by atoms with van der Waals surface area (Å²) in [5.74, 6) is -1.80. The third-order valence-electron chi connectivity index (χ3n) is 3.06. The van der Waals surface area contributed by atoms with Crippen molar-refractivity contribution in [1.82, 2.24) is 5.32 Å². The first-order valence-electron chi connectivity index (χ1n) is 5.70. The Balaban J connectivity index is 1.92. The Morgan fingerprint density at radius 2 is 2.35 bits per heavy atom. The summed E-state index contributed by atoms with van der Waals surface area (Å²) in [7, 11) is 0. The lowest BCUT2D eigenvalue weighted by Gasteiger charge is -2.15. The summed E-state index contributed by atoms with van der Waals surface area (Å²) in [5.41, 5.74) is 0. The van der Waals surface area contributed by atoms with Crippen molar-refractivity contribution in [2.75, 3.05) is 0 Å². The van der Waals surface area contributed by atoms with Gasteiger partial charge in [0.15, 0.2) is 0 Å². The summed E-state index contributed by atoms with van der Waals surface area (Å²) in [4.78, 5) is 23.6. The number of carbonyl (C=O) groups excluding carboxylic acids is 1. The van der Waals surface area contributed by atoms with E-state index in [9.17, 15) is 9.59 Å². The fourth-order valence-electron chi connectivity index (χ4n) is 1.90. The van der Waals surface area contributed by atoms with Gasteiger partial charge in [-0.2, -0.15) is 0 Å². The van der Waals surface area contributed by atoms with E-state index in [-0.39, 0.29) is 17.9 Å². The van der Waals surface area contributed by atoms with E-state index < -0.39 is 11.9 Å². The topological polar surface area (TPSA) is 66.4 Å². The summed E-state index contributed by atoms with van der Waals surface area (Å²) in [6.07, 6.45) is 1.29. The van der Waals surface area contributed by atoms with Gasteiger partial charge in [-0.25, -0.2) is 0 Å². The molecule has 1 aromatic heterocycles. The van der Waals surface area contributed by atoms with E-state index in [1.54, 1.807) is 11.3 Å². The van der Waals surface area contributed by atoms with Gasteiger partial charge in [-0.1, -0.05) is 13.0 Å². The SMILES string of the molecule is CC[C@H](NC(=O)[C@@H]1C[C@@H]1C(=O)O)c1cccs1. The van der Waals surface area contributed by atoms with Gasteiger partial charge in [0.05, 0.1) is 17.9 Å². The molecule has 2 rings (SSSR count). The van der Waals surface area contributed by atoms with E-state index in [1.807, 2.05) is 24.4 Å². The predicted molar refractivity (Wildman–Crippen MR) is 64.7 cm³/mol. The Morgan fingerprint density at radius 1 is 1.59 bits per heavy atom. The van der Waals surface area contributed by atoms with Gasteiger partial charge in [0, 0.05) is 4.88 Å². The highest BCUT2D eigenvalue weighted by atomic mass is 32.1. The molecule has 1 heterocycles. The average molecular weight is 253 g/mol. The number of carbonyl (C=O) groups is 2. The minimum absolute atomic E-state index is 0.0116. The highest BCUT2D eigenvalue weighted by Gasteiger charge is 2.48. The fourth-order valence-corrected chi connectivity index (χ4v) is 2.76. The molecule has 1 fully saturated rings. The molecule has 0 saturated heterocycles. The van der Waals surface area contributed by atoms with Crippen molar-refractivity contribution in [1.29, 1.82) is 0 Å². The van der Waals surface area contributed by atoms with Gasteiger partial charge in [0.2, 0.25) is 5.91 Å². The van der Waals surface area contributed by atoms with Crippen LogP contribution in [-0.4, -0.2) is 17.0 Å². The quantitative estimate of drug-likeness (QED) is 0.843. The van der Waals surface area contributed by atoms with Gasteiger partial charge in [0.25, 0.3) is 0 Å². The van der Waals surface area contributed by atoms with Crippen molar-refractivity contribution in [3.63, 3.8) is 0 Å². The standard InChI is InChI=1S/C12H15NO3S/c1-2-9(10-4-3-5-17-10)13-11(14)7-6-8(7)12(15)16/h3-5,7-9H,2,6H2,1H3,(H,13,14)(H,15,16)/t7-,8+,9+/m1/s1. The van der Waals surface area contributed by atoms with Crippen molar-refractivity contribution >= 4 is 23.2 Å². The molecule has 1 aromatic rings. The number of amides is 1. The van der Waals surface area contributed by atoms with Crippen molar-refractivity contribution in [2.45, 2.75) is 25.8 Å². The Bertz CT molecular complexity index is 415. The highest BCUT2D eigenvalue weighted by Crippen LogP contribution is 2.39. The highest BCUT2D eigenvalue weighted by molar-refractivity contribution is 7.10. The minimum atomic E-state index is -0.866. The molecule has 0 unspecified atom stereocenters. The molecule has 5 heteroatoms. The van der Waals surface area contributed by atoms with Crippen LogP contribution in [0.15, 0.2) is 17.5 Å². The molecule has 2 N–H and O–H groups in total. The number of thiophene rings is 1. The molecule has 1 aliphatic rings. The maximum Gasteiger partial charge on any atom is 0.307 e. The number of aliphatic carboxylic acids is 1. The largest absolute Gasteiger partial charge is 0.481 e. The summed E-state index contributed by atoms with van der Waals surface area (Å²) in [6.45, 7) is 2.01. The predicted octanol–water partition coefficient (Wildman–Crippen LogP) is 2.04. The molecule has 17 heavy (non-hydrogen) atoms. The Morgan fingerprint density at radius 3 is 2.82 bits per heavy atom. The van der Waals surface area contributed by atoms with Crippen molar-refractivity contribution in [2.24, 2.45) is 11.8 Å². The molecule has 0 spiro atoms. The van der Waals surface area contributed by atoms with Crippen LogP contribution in [0.5, 0.6) is 0 Å². The smallest absolute Gasteiger partial charge is 0.307 e. The number of hydrogen-bond acceptors (Lipinski definition) is 3. The van der Waals surface area contributed by atoms with E-state index in [4.69, 9.17) is 5.11 Å². The van der Waals surface area contributed by atoms with E-state index in [0.29, 0.717) is 6.42 Å². The number of rotatable bonds is 5. The van der Waals surface area contributed by atoms with Crippen molar-refractivity contribution in [3.05, 3.63) is 22.4 Å². The molecular weight excluding hydrogens is 238 g/mol. The summed E-state index contributed by atoms with van der Waals surface area (Å²) in [5, 5.41) is 13.7. The van der Waals surface area contributed by atoms with Gasteiger partial charge in [-0.3, -0.25) is 9.59 Å². The Labute approximate surface area is 104 Å². The number of hydrogen-bond donors (Lipinski definition) is 2. The monoisotopic (exact) mass is 253 g/mol. The fraction of sp³-hybridized carbons (Fsp3) is 0.500. The number of carboxylic acid groups (broad SMARTS) is 1. The van der Waals surface area contributed by atoms with E-state index in [1.165, 1.54) is 0 Å². The maximum absolute atomic E-state index is 11.8. The zero-order valence-electron chi connectivity index (χ0n) is 9.55. The van der Waals surface area contributed by atoms with Gasteiger partial charge in [-0.15, -0.1) is 11.3 Å². The van der Waals surface area contributed by atoms with Crippen LogP contribution in [0.1, 0.15) is 30.7 Å². The van der Waals surface area contributed by atoms with Crippen LogP contribution < -0.4 is 5.32 Å².